The molecule has 0 spiro atoms. The number of unbranched alkanes of at least 4 members (excludes halogenated alkanes) is 2. The van der Waals surface area contributed by atoms with Crippen LogP contribution in [0.1, 0.15) is 82.3 Å². The van der Waals surface area contributed by atoms with Crippen LogP contribution in [-0.2, 0) is 0 Å². The third kappa shape index (κ3) is 4.51. The second kappa shape index (κ2) is 10.3. The molecule has 0 fully saturated rings. The molecule has 1 aliphatic heterocycles. The number of hydrogen-bond donors (Lipinski definition) is 0. The fraction of sp³-hybridized carbons (Fsp3) is 0.281. The molecule has 0 saturated heterocycles. The molecule has 0 aliphatic carbocycles. The van der Waals surface area contributed by atoms with Crippen molar-refractivity contribution in [2.75, 3.05) is 11.5 Å². The molecule has 1 amide bonds. The third-order valence-electron chi connectivity index (χ3n) is 7.25. The summed E-state index contributed by atoms with van der Waals surface area (Å²) in [7, 11) is 0. The summed E-state index contributed by atoms with van der Waals surface area (Å²) >= 11 is 0. The Kier molecular flexibility index (Phi) is 6.89. The van der Waals surface area contributed by atoms with E-state index in [2.05, 4.69) is 6.92 Å². The molecule has 4 aromatic rings. The lowest BCUT2D eigenvalue weighted by atomic mass is 9.97. The van der Waals surface area contributed by atoms with Crippen LogP contribution >= 0.6 is 0 Å². The van der Waals surface area contributed by atoms with Crippen LogP contribution in [0.15, 0.2) is 69.9 Å². The van der Waals surface area contributed by atoms with Crippen molar-refractivity contribution in [2.24, 2.45) is 0 Å². The highest BCUT2D eigenvalue weighted by Gasteiger charge is 2.43. The number of ketones is 1. The molecule has 1 aliphatic rings. The summed E-state index contributed by atoms with van der Waals surface area (Å²) in [5, 5.41) is 0.453. The van der Waals surface area contributed by atoms with Gasteiger partial charge in [0.05, 0.1) is 23.6 Å². The van der Waals surface area contributed by atoms with Gasteiger partial charge in [0.15, 0.2) is 11.2 Å². The highest BCUT2D eigenvalue weighted by molar-refractivity contribution is 6.11. The van der Waals surface area contributed by atoms with Crippen molar-refractivity contribution < 1.29 is 18.7 Å². The molecule has 38 heavy (non-hydrogen) atoms. The van der Waals surface area contributed by atoms with Gasteiger partial charge in [0.1, 0.15) is 11.3 Å². The van der Waals surface area contributed by atoms with E-state index in [1.54, 1.807) is 29.2 Å². The van der Waals surface area contributed by atoms with Crippen LogP contribution in [-0.4, -0.2) is 18.3 Å². The molecule has 0 N–H and O–H groups in total. The minimum atomic E-state index is -0.683. The van der Waals surface area contributed by atoms with E-state index in [1.165, 1.54) is 6.92 Å². The highest BCUT2D eigenvalue weighted by atomic mass is 16.5. The van der Waals surface area contributed by atoms with E-state index in [9.17, 15) is 14.4 Å². The first kappa shape index (κ1) is 25.5. The molecule has 0 radical (unpaired) electrons. The first-order valence-corrected chi connectivity index (χ1v) is 13.1. The van der Waals surface area contributed by atoms with Crippen molar-refractivity contribution in [3.8, 4) is 5.75 Å². The van der Waals surface area contributed by atoms with Crippen molar-refractivity contribution in [1.29, 1.82) is 0 Å². The van der Waals surface area contributed by atoms with Crippen LogP contribution in [0.3, 0.4) is 0 Å². The van der Waals surface area contributed by atoms with Crippen LogP contribution < -0.4 is 15.1 Å². The number of nitrogens with zero attached hydrogens (tertiary/aromatic N) is 1. The van der Waals surface area contributed by atoms with Crippen LogP contribution in [0.5, 0.6) is 5.75 Å². The maximum atomic E-state index is 13.9. The summed E-state index contributed by atoms with van der Waals surface area (Å²) in [6.07, 6.45) is 3.22. The van der Waals surface area contributed by atoms with Gasteiger partial charge in [0, 0.05) is 11.3 Å². The number of benzene rings is 3. The van der Waals surface area contributed by atoms with Gasteiger partial charge in [0.25, 0.3) is 5.91 Å². The normalized spacial score (nSPS) is 14.7. The van der Waals surface area contributed by atoms with E-state index >= 15 is 0 Å². The highest BCUT2D eigenvalue weighted by Crippen LogP contribution is 2.41. The van der Waals surface area contributed by atoms with E-state index < -0.39 is 11.9 Å². The molecule has 0 bridgehead atoms. The van der Waals surface area contributed by atoms with Gasteiger partial charge >= 0.3 is 0 Å². The molecule has 1 aromatic heterocycles. The zero-order valence-electron chi connectivity index (χ0n) is 22.2. The van der Waals surface area contributed by atoms with Crippen LogP contribution in [0.2, 0.25) is 0 Å². The SMILES string of the molecule is CCCCCOc1ccc(C2c3c(oc4cc(C)c(C)cc4c3=O)C(=O)N2c2ccc(C(C)=O)cc2)cc1. The summed E-state index contributed by atoms with van der Waals surface area (Å²) in [6, 6.07) is 17.3. The molecule has 194 valence electrons. The van der Waals surface area contributed by atoms with Crippen LogP contribution in [0.4, 0.5) is 5.69 Å². The number of ether oxygens (including phenoxy) is 1. The van der Waals surface area contributed by atoms with Gasteiger partial charge in [-0.2, -0.15) is 0 Å². The first-order chi connectivity index (χ1) is 18.3. The van der Waals surface area contributed by atoms with E-state index in [4.69, 9.17) is 9.15 Å². The van der Waals surface area contributed by atoms with Crippen LogP contribution in [0.25, 0.3) is 11.0 Å². The monoisotopic (exact) mass is 509 g/mol. The molecule has 1 unspecified atom stereocenters. The minimum Gasteiger partial charge on any atom is -0.494 e. The largest absolute Gasteiger partial charge is 0.494 e. The fourth-order valence-electron chi connectivity index (χ4n) is 4.95. The van der Waals surface area contributed by atoms with Crippen LogP contribution in [0, 0.1) is 13.8 Å². The lowest BCUT2D eigenvalue weighted by Crippen LogP contribution is -2.29. The van der Waals surface area contributed by atoms with E-state index in [0.717, 1.165) is 41.7 Å². The Balaban J connectivity index is 1.63. The molecule has 6 heteroatoms. The van der Waals surface area contributed by atoms with E-state index in [1.807, 2.05) is 50.2 Å². The number of fused-ring (bicyclic) bond motifs is 2. The van der Waals surface area contributed by atoms with Crippen molar-refractivity contribution in [1.82, 2.24) is 0 Å². The Morgan fingerprint density at radius 2 is 1.63 bits per heavy atom. The Hall–Kier alpha value is -4.19. The quantitative estimate of drug-likeness (QED) is 0.190. The maximum Gasteiger partial charge on any atom is 0.295 e. The smallest absolute Gasteiger partial charge is 0.295 e. The molecule has 1 atom stereocenters. The summed E-state index contributed by atoms with van der Waals surface area (Å²) in [5.41, 5.74) is 4.35. The fourth-order valence-corrected chi connectivity index (χ4v) is 4.95. The zero-order chi connectivity index (χ0) is 27.0. The summed E-state index contributed by atoms with van der Waals surface area (Å²) in [5.74, 6) is 0.333. The number of carbonyl (C=O) groups excluding carboxylic acids is 2. The number of rotatable bonds is 8. The topological polar surface area (TPSA) is 76.8 Å². The predicted octanol–water partition coefficient (Wildman–Crippen LogP) is 6.93. The van der Waals surface area contributed by atoms with Gasteiger partial charge in [-0.1, -0.05) is 31.9 Å². The van der Waals surface area contributed by atoms with Gasteiger partial charge in [-0.3, -0.25) is 19.3 Å². The Labute approximate surface area is 221 Å². The molecular formula is C32H31NO5. The Morgan fingerprint density at radius 3 is 2.29 bits per heavy atom. The molecule has 5 rings (SSSR count). The van der Waals surface area contributed by atoms with E-state index in [0.29, 0.717) is 34.4 Å². The third-order valence-corrected chi connectivity index (χ3v) is 7.25. The Bertz CT molecular complexity index is 1580. The lowest BCUT2D eigenvalue weighted by molar-refractivity contribution is 0.0970. The molecular weight excluding hydrogens is 478 g/mol. The second-order valence-electron chi connectivity index (χ2n) is 9.91. The number of amides is 1. The average Bonchev–Trinajstić information content (AvgIpc) is 3.20. The number of carbonyl (C=O) groups is 2. The first-order valence-electron chi connectivity index (χ1n) is 13.1. The summed E-state index contributed by atoms with van der Waals surface area (Å²) < 4.78 is 12.0. The summed E-state index contributed by atoms with van der Waals surface area (Å²) in [4.78, 5) is 41.1. The lowest BCUT2D eigenvalue weighted by Gasteiger charge is -2.25. The van der Waals surface area contributed by atoms with Crippen molar-refractivity contribution >= 4 is 28.3 Å². The second-order valence-corrected chi connectivity index (χ2v) is 9.91. The summed E-state index contributed by atoms with van der Waals surface area (Å²) in [6.45, 7) is 8.18. The Morgan fingerprint density at radius 1 is 0.947 bits per heavy atom. The number of aryl methyl sites for hydroxylation is 2. The number of Topliss-reactive ketones (excluding diaryl/α,β-unsaturated/α-hetero) is 1. The van der Waals surface area contributed by atoms with Gasteiger partial charge in [-0.15, -0.1) is 0 Å². The van der Waals surface area contributed by atoms with Gasteiger partial charge in [0.2, 0.25) is 5.76 Å². The standard InChI is InChI=1S/C32H31NO5/c1-5-6-7-16-37-25-14-10-23(11-15-25)29-28-30(35)26-17-19(2)20(3)18-27(26)38-31(28)32(36)33(29)24-12-8-22(9-13-24)21(4)34/h8-15,17-18,29H,5-7,16H2,1-4H3. The molecule has 6 nitrogen and oxygen atoms in total. The van der Waals surface area contributed by atoms with Gasteiger partial charge < -0.3 is 9.15 Å². The molecule has 3 aromatic carbocycles. The van der Waals surface area contributed by atoms with E-state index in [-0.39, 0.29) is 17.0 Å². The average molecular weight is 510 g/mol. The van der Waals surface area contributed by atoms with Gasteiger partial charge in [-0.25, -0.2) is 0 Å². The van der Waals surface area contributed by atoms with Crippen molar-refractivity contribution in [3.05, 3.63) is 104 Å². The molecule has 2 heterocycles. The van der Waals surface area contributed by atoms with Crippen molar-refractivity contribution in [2.45, 2.75) is 53.0 Å². The zero-order valence-corrected chi connectivity index (χ0v) is 22.2. The minimum absolute atomic E-state index is 0.0475. The maximum absolute atomic E-state index is 13.9. The predicted molar refractivity (Wildman–Crippen MR) is 149 cm³/mol. The van der Waals surface area contributed by atoms with Gasteiger partial charge in [-0.05, 0) is 92.4 Å². The number of hydrogen-bond acceptors (Lipinski definition) is 5. The molecule has 0 saturated carbocycles. The number of anilines is 1. The van der Waals surface area contributed by atoms with Crippen molar-refractivity contribution in [3.63, 3.8) is 0 Å².